The van der Waals surface area contributed by atoms with Crippen LogP contribution < -0.4 is 5.32 Å². The molecule has 0 aromatic heterocycles. The molecule has 3 aliphatic rings. The van der Waals surface area contributed by atoms with Crippen LogP contribution in [0.3, 0.4) is 0 Å². The zero-order chi connectivity index (χ0) is 13.5. The number of carbonyl (C=O) groups excluding carboxylic acids is 2. The molecule has 2 amide bonds. The molecule has 0 spiro atoms. The van der Waals surface area contributed by atoms with Crippen molar-refractivity contribution in [2.45, 2.75) is 31.4 Å². The van der Waals surface area contributed by atoms with Crippen LogP contribution in [0.2, 0.25) is 0 Å². The second-order valence-corrected chi connectivity index (χ2v) is 5.96. The molecule has 3 saturated heterocycles. The second kappa shape index (κ2) is 4.76. The first kappa shape index (κ1) is 12.9. The Hall–Kier alpha value is -1.14. The lowest BCUT2D eigenvalue weighted by Gasteiger charge is -2.41. The maximum atomic E-state index is 12.1. The van der Waals surface area contributed by atoms with Crippen LogP contribution in [0, 0.1) is 0 Å². The van der Waals surface area contributed by atoms with Gasteiger partial charge in [-0.15, -0.1) is 0 Å². The molecule has 3 aliphatic heterocycles. The maximum absolute atomic E-state index is 12.1. The van der Waals surface area contributed by atoms with Crippen molar-refractivity contribution >= 4 is 11.8 Å². The molecule has 0 radical (unpaired) electrons. The standard InChI is InChI=1S/C13H21N3O3/c1-13(8-14-9-13)19-7-12(18)15-4-5-16-10(6-15)2-3-11(16)17/h10,14H,2-9H2,1H3. The van der Waals surface area contributed by atoms with Crippen molar-refractivity contribution in [3.8, 4) is 0 Å². The average Bonchev–Trinajstić information content (AvgIpc) is 2.75. The molecule has 0 bridgehead atoms. The van der Waals surface area contributed by atoms with E-state index in [1.165, 1.54) is 0 Å². The molecule has 19 heavy (non-hydrogen) atoms. The molecule has 106 valence electrons. The number of nitrogens with zero attached hydrogens (tertiary/aromatic N) is 2. The summed E-state index contributed by atoms with van der Waals surface area (Å²) < 4.78 is 5.68. The highest BCUT2D eigenvalue weighted by atomic mass is 16.5. The van der Waals surface area contributed by atoms with Gasteiger partial charge >= 0.3 is 0 Å². The van der Waals surface area contributed by atoms with Gasteiger partial charge in [0, 0.05) is 45.2 Å². The Bertz CT molecular complexity index is 395. The molecule has 0 saturated carbocycles. The quantitative estimate of drug-likeness (QED) is 0.727. The largest absolute Gasteiger partial charge is 0.363 e. The molecule has 1 atom stereocenters. The molecular formula is C13H21N3O3. The Kier molecular flexibility index (Phi) is 3.22. The minimum atomic E-state index is -0.180. The summed E-state index contributed by atoms with van der Waals surface area (Å²) in [5.41, 5.74) is -0.180. The minimum Gasteiger partial charge on any atom is -0.363 e. The summed E-state index contributed by atoms with van der Waals surface area (Å²) in [4.78, 5) is 27.5. The monoisotopic (exact) mass is 267 g/mol. The van der Waals surface area contributed by atoms with Crippen molar-refractivity contribution in [3.63, 3.8) is 0 Å². The number of hydrogen-bond donors (Lipinski definition) is 1. The van der Waals surface area contributed by atoms with E-state index in [1.54, 1.807) is 0 Å². The molecule has 3 rings (SSSR count). The predicted molar refractivity (Wildman–Crippen MR) is 68.5 cm³/mol. The van der Waals surface area contributed by atoms with Gasteiger partial charge in [-0.2, -0.15) is 0 Å². The van der Waals surface area contributed by atoms with E-state index >= 15 is 0 Å². The van der Waals surface area contributed by atoms with Gasteiger partial charge in [-0.3, -0.25) is 9.59 Å². The number of amides is 2. The molecule has 3 fully saturated rings. The fourth-order valence-corrected chi connectivity index (χ4v) is 3.00. The highest BCUT2D eigenvalue weighted by Gasteiger charge is 2.38. The summed E-state index contributed by atoms with van der Waals surface area (Å²) in [5, 5.41) is 3.15. The van der Waals surface area contributed by atoms with Gasteiger partial charge in [-0.1, -0.05) is 0 Å². The summed E-state index contributed by atoms with van der Waals surface area (Å²) >= 11 is 0. The molecule has 3 heterocycles. The Balaban J connectivity index is 1.49. The van der Waals surface area contributed by atoms with Gasteiger partial charge in [0.15, 0.2) is 0 Å². The Morgan fingerprint density at radius 3 is 2.95 bits per heavy atom. The van der Waals surface area contributed by atoms with Crippen molar-refractivity contribution in [2.24, 2.45) is 0 Å². The predicted octanol–water partition coefficient (Wildman–Crippen LogP) is -0.802. The molecule has 0 aromatic carbocycles. The van der Waals surface area contributed by atoms with Gasteiger partial charge in [0.1, 0.15) is 6.61 Å². The van der Waals surface area contributed by atoms with E-state index in [0.717, 1.165) is 19.5 Å². The number of hydrogen-bond acceptors (Lipinski definition) is 4. The van der Waals surface area contributed by atoms with Crippen LogP contribution in [0.4, 0.5) is 0 Å². The van der Waals surface area contributed by atoms with E-state index in [-0.39, 0.29) is 30.1 Å². The van der Waals surface area contributed by atoms with Crippen LogP contribution in [0.5, 0.6) is 0 Å². The fraction of sp³-hybridized carbons (Fsp3) is 0.846. The molecular weight excluding hydrogens is 246 g/mol. The van der Waals surface area contributed by atoms with E-state index in [0.29, 0.717) is 26.1 Å². The number of rotatable bonds is 3. The lowest BCUT2D eigenvalue weighted by atomic mass is 10.0. The number of carbonyl (C=O) groups is 2. The van der Waals surface area contributed by atoms with E-state index in [1.807, 2.05) is 16.7 Å². The van der Waals surface area contributed by atoms with Crippen LogP contribution in [-0.2, 0) is 14.3 Å². The first-order valence-electron chi connectivity index (χ1n) is 6.99. The Labute approximate surface area is 113 Å². The lowest BCUT2D eigenvalue weighted by molar-refractivity contribution is -0.150. The van der Waals surface area contributed by atoms with E-state index in [9.17, 15) is 9.59 Å². The lowest BCUT2D eigenvalue weighted by Crippen LogP contribution is -2.60. The third-order valence-corrected chi connectivity index (χ3v) is 4.39. The smallest absolute Gasteiger partial charge is 0.248 e. The molecule has 0 aromatic rings. The highest BCUT2D eigenvalue weighted by molar-refractivity contribution is 5.81. The fourth-order valence-electron chi connectivity index (χ4n) is 3.00. The van der Waals surface area contributed by atoms with Crippen molar-refractivity contribution in [3.05, 3.63) is 0 Å². The maximum Gasteiger partial charge on any atom is 0.248 e. The van der Waals surface area contributed by atoms with Crippen molar-refractivity contribution < 1.29 is 14.3 Å². The van der Waals surface area contributed by atoms with Crippen LogP contribution in [0.15, 0.2) is 0 Å². The number of nitrogens with one attached hydrogen (secondary N) is 1. The Morgan fingerprint density at radius 2 is 2.26 bits per heavy atom. The Morgan fingerprint density at radius 1 is 1.47 bits per heavy atom. The van der Waals surface area contributed by atoms with Gasteiger partial charge in [-0.25, -0.2) is 0 Å². The molecule has 6 heteroatoms. The first-order chi connectivity index (χ1) is 9.07. The van der Waals surface area contributed by atoms with Crippen molar-refractivity contribution in [2.75, 3.05) is 39.3 Å². The van der Waals surface area contributed by atoms with Crippen LogP contribution in [0.25, 0.3) is 0 Å². The third kappa shape index (κ3) is 2.47. The summed E-state index contributed by atoms with van der Waals surface area (Å²) in [6, 6.07) is 0.228. The highest BCUT2D eigenvalue weighted by Crippen LogP contribution is 2.23. The van der Waals surface area contributed by atoms with Crippen LogP contribution in [0.1, 0.15) is 19.8 Å². The molecule has 1 N–H and O–H groups in total. The van der Waals surface area contributed by atoms with E-state index in [2.05, 4.69) is 5.32 Å². The van der Waals surface area contributed by atoms with E-state index < -0.39 is 0 Å². The van der Waals surface area contributed by atoms with Crippen LogP contribution >= 0.6 is 0 Å². The number of fused-ring (bicyclic) bond motifs is 1. The van der Waals surface area contributed by atoms with Gasteiger partial charge in [0.25, 0.3) is 0 Å². The first-order valence-corrected chi connectivity index (χ1v) is 6.99. The summed E-state index contributed by atoms with van der Waals surface area (Å²) in [7, 11) is 0. The molecule has 6 nitrogen and oxygen atoms in total. The zero-order valence-electron chi connectivity index (χ0n) is 11.4. The normalized spacial score (nSPS) is 29.1. The zero-order valence-corrected chi connectivity index (χ0v) is 11.4. The summed E-state index contributed by atoms with van der Waals surface area (Å²) in [6.45, 7) is 5.77. The number of ether oxygens (including phenoxy) is 1. The van der Waals surface area contributed by atoms with Gasteiger partial charge in [0.05, 0.1) is 5.60 Å². The van der Waals surface area contributed by atoms with E-state index in [4.69, 9.17) is 4.74 Å². The molecule has 0 aliphatic carbocycles. The average molecular weight is 267 g/mol. The number of piperazine rings is 1. The SMILES string of the molecule is CC1(OCC(=O)N2CCN3C(=O)CCC3C2)CNC1. The minimum absolute atomic E-state index is 0.0483. The summed E-state index contributed by atoms with van der Waals surface area (Å²) in [6.07, 6.45) is 1.51. The van der Waals surface area contributed by atoms with Gasteiger partial charge in [-0.05, 0) is 13.3 Å². The van der Waals surface area contributed by atoms with Crippen molar-refractivity contribution in [1.29, 1.82) is 0 Å². The van der Waals surface area contributed by atoms with Crippen LogP contribution in [-0.4, -0.2) is 72.6 Å². The third-order valence-electron chi connectivity index (χ3n) is 4.39. The summed E-state index contributed by atoms with van der Waals surface area (Å²) in [5.74, 6) is 0.286. The topological polar surface area (TPSA) is 61.9 Å². The second-order valence-electron chi connectivity index (χ2n) is 5.96. The molecule has 1 unspecified atom stereocenters. The van der Waals surface area contributed by atoms with Crippen molar-refractivity contribution in [1.82, 2.24) is 15.1 Å². The van der Waals surface area contributed by atoms with Gasteiger partial charge < -0.3 is 19.9 Å². The van der Waals surface area contributed by atoms with Gasteiger partial charge in [0.2, 0.25) is 11.8 Å².